The summed E-state index contributed by atoms with van der Waals surface area (Å²) in [5.74, 6) is -0.211. The molecule has 0 radical (unpaired) electrons. The molecule has 4 rings (SSSR count). The van der Waals surface area contributed by atoms with E-state index >= 15 is 0 Å². The lowest BCUT2D eigenvalue weighted by atomic mass is 10.1. The molecule has 1 aliphatic heterocycles. The third kappa shape index (κ3) is 3.87. The molecule has 3 aromatic rings. The summed E-state index contributed by atoms with van der Waals surface area (Å²) in [6, 6.07) is 7.11. The maximum atomic E-state index is 12.6. The Balaban J connectivity index is 1.60. The number of nitrogens with two attached hydrogens (primary N) is 1. The summed E-state index contributed by atoms with van der Waals surface area (Å²) in [5.41, 5.74) is 7.27. The van der Waals surface area contributed by atoms with Crippen molar-refractivity contribution >= 4 is 40.7 Å². The van der Waals surface area contributed by atoms with E-state index in [0.29, 0.717) is 48.5 Å². The molecule has 1 saturated heterocycles. The topological polar surface area (TPSA) is 128 Å². The Bertz CT molecular complexity index is 1060. The van der Waals surface area contributed by atoms with Gasteiger partial charge in [-0.15, -0.1) is 5.10 Å². The number of carbonyl (C=O) groups is 2. The van der Waals surface area contributed by atoms with Crippen LogP contribution in [-0.2, 0) is 4.74 Å². The van der Waals surface area contributed by atoms with Crippen LogP contribution in [0.1, 0.15) is 20.8 Å². The average Bonchev–Trinajstić information content (AvgIpc) is 3.19. The van der Waals surface area contributed by atoms with Crippen LogP contribution in [-0.4, -0.2) is 68.9 Å². The number of rotatable bonds is 5. The lowest BCUT2D eigenvalue weighted by Gasteiger charge is -2.26. The highest BCUT2D eigenvalue weighted by Gasteiger charge is 2.19. The molecule has 150 valence electrons. The largest absolute Gasteiger partial charge is 0.378 e. The number of anilines is 2. The minimum absolute atomic E-state index is 0.0201. The number of amides is 2. The molecule has 3 N–H and O–H groups in total. The molecule has 29 heavy (non-hydrogen) atoms. The highest BCUT2D eigenvalue weighted by atomic mass is 32.2. The predicted molar refractivity (Wildman–Crippen MR) is 108 cm³/mol. The Morgan fingerprint density at radius 3 is 2.59 bits per heavy atom. The summed E-state index contributed by atoms with van der Waals surface area (Å²) >= 11 is 1.33. The number of nitrogens with zero attached hydrogens (tertiary/aromatic N) is 5. The minimum Gasteiger partial charge on any atom is -0.378 e. The third-order valence-electron chi connectivity index (χ3n) is 4.47. The van der Waals surface area contributed by atoms with E-state index in [0.717, 1.165) is 5.69 Å². The number of hydrogen-bond acceptors (Lipinski definition) is 8. The number of nitrogens with one attached hydrogen (secondary N) is 1. The van der Waals surface area contributed by atoms with Gasteiger partial charge in [0, 0.05) is 24.3 Å². The molecule has 1 fully saturated rings. The highest BCUT2D eigenvalue weighted by molar-refractivity contribution is 7.98. The Morgan fingerprint density at radius 2 is 1.93 bits per heavy atom. The number of imidazole rings is 1. The molecular weight excluding hydrogens is 394 g/mol. The summed E-state index contributed by atoms with van der Waals surface area (Å²) in [6.45, 7) is 2.31. The van der Waals surface area contributed by atoms with Crippen molar-refractivity contribution in [2.45, 2.75) is 5.16 Å². The van der Waals surface area contributed by atoms with Gasteiger partial charge < -0.3 is 20.7 Å². The van der Waals surface area contributed by atoms with E-state index in [2.05, 4.69) is 20.4 Å². The van der Waals surface area contributed by atoms with Crippen LogP contribution in [0.15, 0.2) is 35.6 Å². The number of aromatic nitrogens is 4. The maximum absolute atomic E-state index is 12.6. The van der Waals surface area contributed by atoms with Gasteiger partial charge in [0.05, 0.1) is 19.4 Å². The summed E-state index contributed by atoms with van der Waals surface area (Å²) in [7, 11) is 0. The second-order valence-electron chi connectivity index (χ2n) is 6.30. The van der Waals surface area contributed by atoms with Crippen LogP contribution in [0.4, 0.5) is 11.5 Å². The van der Waals surface area contributed by atoms with Crippen LogP contribution in [0.2, 0.25) is 0 Å². The van der Waals surface area contributed by atoms with Crippen molar-refractivity contribution in [3.63, 3.8) is 0 Å². The molecule has 0 spiro atoms. The van der Waals surface area contributed by atoms with E-state index in [1.54, 1.807) is 29.2 Å². The molecule has 2 amide bonds. The molecule has 0 atom stereocenters. The average molecular weight is 413 g/mol. The number of thioether (sulfide) groups is 1. The number of primary amides is 1. The molecule has 1 aromatic carbocycles. The molecule has 0 aliphatic carbocycles. The summed E-state index contributed by atoms with van der Waals surface area (Å²) in [5, 5.41) is 7.90. The summed E-state index contributed by atoms with van der Waals surface area (Å²) in [4.78, 5) is 34.6. The number of benzene rings is 1. The van der Waals surface area contributed by atoms with Crippen LogP contribution < -0.4 is 11.1 Å². The first-order valence-corrected chi connectivity index (χ1v) is 10.1. The van der Waals surface area contributed by atoms with Crippen LogP contribution in [0, 0.1) is 0 Å². The summed E-state index contributed by atoms with van der Waals surface area (Å²) in [6.07, 6.45) is 3.20. The van der Waals surface area contributed by atoms with Gasteiger partial charge >= 0.3 is 0 Å². The van der Waals surface area contributed by atoms with Gasteiger partial charge in [0.25, 0.3) is 11.8 Å². The van der Waals surface area contributed by atoms with Crippen LogP contribution in [0.5, 0.6) is 0 Å². The van der Waals surface area contributed by atoms with E-state index in [-0.39, 0.29) is 11.6 Å². The molecule has 0 saturated carbocycles. The fraction of sp³-hybridized carbons (Fsp3) is 0.278. The second kappa shape index (κ2) is 8.05. The van der Waals surface area contributed by atoms with Gasteiger partial charge in [0.15, 0.2) is 17.2 Å². The lowest BCUT2D eigenvalue weighted by molar-refractivity contribution is 0.0303. The van der Waals surface area contributed by atoms with Crippen LogP contribution >= 0.6 is 11.8 Å². The number of hydrogen-bond donors (Lipinski definition) is 2. The normalized spacial score (nSPS) is 14.2. The predicted octanol–water partition coefficient (Wildman–Crippen LogP) is 1.16. The fourth-order valence-corrected chi connectivity index (χ4v) is 3.33. The van der Waals surface area contributed by atoms with Crippen molar-refractivity contribution in [2.24, 2.45) is 5.73 Å². The zero-order chi connectivity index (χ0) is 20.4. The van der Waals surface area contributed by atoms with Crippen molar-refractivity contribution in [3.05, 3.63) is 41.7 Å². The number of carbonyl (C=O) groups excluding carboxylic acids is 2. The van der Waals surface area contributed by atoms with E-state index in [9.17, 15) is 9.59 Å². The third-order valence-corrected chi connectivity index (χ3v) is 5.01. The quantitative estimate of drug-likeness (QED) is 0.597. The Hall–Kier alpha value is -3.18. The first-order valence-electron chi connectivity index (χ1n) is 8.90. The first-order chi connectivity index (χ1) is 14.1. The van der Waals surface area contributed by atoms with Crippen molar-refractivity contribution in [1.29, 1.82) is 0 Å². The Morgan fingerprint density at radius 1 is 1.21 bits per heavy atom. The Labute approximate surface area is 170 Å². The molecule has 1 aliphatic rings. The highest BCUT2D eigenvalue weighted by Crippen LogP contribution is 2.23. The standard InChI is InChI=1S/C18H19N7O3S/c1-29-18-22-15(16-20-10-13(14(19)26)25(16)23-18)21-12-4-2-11(3-5-12)17(27)24-6-8-28-9-7-24/h2-5,10H,6-9H2,1H3,(H2,19,26)(H,21,22,23). The molecule has 0 unspecified atom stereocenters. The van der Waals surface area contributed by atoms with Gasteiger partial charge in [-0.05, 0) is 30.5 Å². The van der Waals surface area contributed by atoms with E-state index < -0.39 is 5.91 Å². The number of morpholine rings is 1. The van der Waals surface area contributed by atoms with E-state index in [1.165, 1.54) is 22.5 Å². The van der Waals surface area contributed by atoms with E-state index in [4.69, 9.17) is 10.5 Å². The van der Waals surface area contributed by atoms with Gasteiger partial charge in [0.2, 0.25) is 5.16 Å². The monoisotopic (exact) mass is 413 g/mol. The lowest BCUT2D eigenvalue weighted by Crippen LogP contribution is -2.40. The van der Waals surface area contributed by atoms with Crippen molar-refractivity contribution in [3.8, 4) is 0 Å². The molecule has 0 bridgehead atoms. The molecule has 10 nitrogen and oxygen atoms in total. The van der Waals surface area contributed by atoms with E-state index in [1.807, 2.05) is 6.26 Å². The zero-order valence-corrected chi connectivity index (χ0v) is 16.5. The van der Waals surface area contributed by atoms with Crippen molar-refractivity contribution in [2.75, 3.05) is 37.9 Å². The van der Waals surface area contributed by atoms with Crippen molar-refractivity contribution < 1.29 is 14.3 Å². The smallest absolute Gasteiger partial charge is 0.269 e. The maximum Gasteiger partial charge on any atom is 0.269 e. The van der Waals surface area contributed by atoms with Gasteiger partial charge in [-0.1, -0.05) is 11.8 Å². The Kier molecular flexibility index (Phi) is 5.32. The van der Waals surface area contributed by atoms with Gasteiger partial charge in [0.1, 0.15) is 0 Å². The SMILES string of the molecule is CSc1nc(Nc2ccc(C(=O)N3CCOCC3)cc2)c2ncc(C(N)=O)n2n1. The molecule has 11 heteroatoms. The van der Waals surface area contributed by atoms with Gasteiger partial charge in [-0.25, -0.2) is 9.50 Å². The number of fused-ring (bicyclic) bond motifs is 1. The summed E-state index contributed by atoms with van der Waals surface area (Å²) < 4.78 is 6.66. The first kappa shape index (κ1) is 19.2. The molecule has 2 aromatic heterocycles. The van der Waals surface area contributed by atoms with Crippen molar-refractivity contribution in [1.82, 2.24) is 24.5 Å². The van der Waals surface area contributed by atoms with Gasteiger partial charge in [-0.2, -0.15) is 4.98 Å². The minimum atomic E-state index is -0.625. The van der Waals surface area contributed by atoms with Crippen LogP contribution in [0.25, 0.3) is 5.65 Å². The molecular formula is C18H19N7O3S. The van der Waals surface area contributed by atoms with Crippen LogP contribution in [0.3, 0.4) is 0 Å². The molecule has 3 heterocycles. The second-order valence-corrected chi connectivity index (χ2v) is 7.07. The number of ether oxygens (including phenoxy) is 1. The fourth-order valence-electron chi connectivity index (χ4n) is 2.98. The van der Waals surface area contributed by atoms with Gasteiger partial charge in [-0.3, -0.25) is 9.59 Å². The zero-order valence-electron chi connectivity index (χ0n) is 15.7.